The second-order valence-electron chi connectivity index (χ2n) is 6.64. The lowest BCUT2D eigenvalue weighted by Gasteiger charge is -2.27. The van der Waals surface area contributed by atoms with Crippen LogP contribution in [0.25, 0.3) is 5.95 Å². The molecule has 2 aromatic heterocycles. The number of carbonyl (C=O) groups is 1. The van der Waals surface area contributed by atoms with E-state index >= 15 is 0 Å². The number of halogens is 1. The Kier molecular flexibility index (Phi) is 6.50. The van der Waals surface area contributed by atoms with Crippen LogP contribution in [-0.2, 0) is 4.79 Å². The Morgan fingerprint density at radius 1 is 1.36 bits per heavy atom. The van der Waals surface area contributed by atoms with E-state index in [1.54, 1.807) is 23.1 Å². The van der Waals surface area contributed by atoms with E-state index in [9.17, 15) is 4.79 Å². The first-order chi connectivity index (χ1) is 11.5. The van der Waals surface area contributed by atoms with Crippen LogP contribution in [0.5, 0.6) is 0 Å². The molecular formula is C17H25ClN6O. The molecule has 8 heteroatoms. The molecule has 2 N–H and O–H groups in total. The first-order valence-electron chi connectivity index (χ1n) is 8.46. The molecule has 0 saturated carbocycles. The minimum absolute atomic E-state index is 0. The molecule has 0 aliphatic carbocycles. The first-order valence-corrected chi connectivity index (χ1v) is 8.46. The lowest BCUT2D eigenvalue weighted by molar-refractivity contribution is -0.120. The molecule has 0 bridgehead atoms. The fraction of sp³-hybridized carbons (Fsp3) is 0.529. The number of hydrogen-bond acceptors (Lipinski definition) is 5. The van der Waals surface area contributed by atoms with Gasteiger partial charge in [-0.3, -0.25) is 4.79 Å². The van der Waals surface area contributed by atoms with Crippen molar-refractivity contribution in [3.8, 4) is 5.95 Å². The van der Waals surface area contributed by atoms with E-state index in [0.717, 1.165) is 25.1 Å². The summed E-state index contributed by atoms with van der Waals surface area (Å²) in [6, 6.07) is 4.03. The van der Waals surface area contributed by atoms with Gasteiger partial charge in [0.2, 0.25) is 5.91 Å². The summed E-state index contributed by atoms with van der Waals surface area (Å²) in [7, 11) is 0. The molecule has 136 valence electrons. The number of piperidine rings is 1. The van der Waals surface area contributed by atoms with Crippen molar-refractivity contribution in [2.45, 2.75) is 45.6 Å². The highest BCUT2D eigenvalue weighted by Crippen LogP contribution is 2.23. The second kappa shape index (κ2) is 8.40. The standard InChI is InChI=1S/C17H24N6O.ClH/c1-11(2)14-10-15(23(22-14)17-19-6-4-7-20-17)21-16(24)13-5-8-18-12(3)9-13;/h4,6-7,10-13,18H,5,8-9H2,1-3H3,(H,21,24);1H/t12-,13-;/m0./s1. The maximum atomic E-state index is 12.7. The van der Waals surface area contributed by atoms with Gasteiger partial charge in [-0.25, -0.2) is 9.97 Å². The van der Waals surface area contributed by atoms with Crippen LogP contribution in [0.3, 0.4) is 0 Å². The Hall–Kier alpha value is -1.99. The van der Waals surface area contributed by atoms with Crippen LogP contribution in [0.4, 0.5) is 5.82 Å². The molecule has 7 nitrogen and oxygen atoms in total. The van der Waals surface area contributed by atoms with E-state index in [1.807, 2.05) is 6.07 Å². The molecular weight excluding hydrogens is 340 g/mol. The van der Waals surface area contributed by atoms with Crippen molar-refractivity contribution in [1.82, 2.24) is 25.1 Å². The summed E-state index contributed by atoms with van der Waals surface area (Å²) in [5.41, 5.74) is 0.899. The van der Waals surface area contributed by atoms with Crippen LogP contribution in [0, 0.1) is 5.92 Å². The lowest BCUT2D eigenvalue weighted by atomic mass is 9.92. The Morgan fingerprint density at radius 3 is 2.72 bits per heavy atom. The Bertz CT molecular complexity index is 702. The normalized spacial score (nSPS) is 20.2. The van der Waals surface area contributed by atoms with E-state index < -0.39 is 0 Å². The summed E-state index contributed by atoms with van der Waals surface area (Å²) in [6.07, 6.45) is 5.03. The number of carbonyl (C=O) groups excluding carboxylic acids is 1. The molecule has 0 spiro atoms. The van der Waals surface area contributed by atoms with Gasteiger partial charge in [0.1, 0.15) is 5.82 Å². The van der Waals surface area contributed by atoms with Crippen LogP contribution in [-0.4, -0.2) is 38.2 Å². The number of nitrogens with one attached hydrogen (secondary N) is 2. The van der Waals surface area contributed by atoms with Gasteiger partial charge in [0, 0.05) is 30.4 Å². The van der Waals surface area contributed by atoms with Gasteiger partial charge in [-0.2, -0.15) is 9.78 Å². The van der Waals surface area contributed by atoms with Crippen molar-refractivity contribution in [3.05, 3.63) is 30.2 Å². The minimum Gasteiger partial charge on any atom is -0.314 e. The molecule has 2 atom stereocenters. The third-order valence-corrected chi connectivity index (χ3v) is 4.31. The van der Waals surface area contributed by atoms with E-state index in [2.05, 4.69) is 46.5 Å². The van der Waals surface area contributed by atoms with Crippen LogP contribution >= 0.6 is 12.4 Å². The quantitative estimate of drug-likeness (QED) is 0.870. The van der Waals surface area contributed by atoms with E-state index in [0.29, 0.717) is 17.8 Å². The van der Waals surface area contributed by atoms with Crippen LogP contribution in [0.1, 0.15) is 45.2 Å². The number of aromatic nitrogens is 4. The highest BCUT2D eigenvalue weighted by molar-refractivity contribution is 5.92. The third kappa shape index (κ3) is 4.55. The fourth-order valence-corrected chi connectivity index (χ4v) is 2.92. The average Bonchev–Trinajstić information content (AvgIpc) is 3.00. The largest absolute Gasteiger partial charge is 0.314 e. The molecule has 1 aliphatic heterocycles. The third-order valence-electron chi connectivity index (χ3n) is 4.31. The van der Waals surface area contributed by atoms with Crippen molar-refractivity contribution in [1.29, 1.82) is 0 Å². The van der Waals surface area contributed by atoms with Gasteiger partial charge in [0.05, 0.1) is 5.69 Å². The molecule has 1 aliphatic rings. The summed E-state index contributed by atoms with van der Waals surface area (Å²) in [6.45, 7) is 7.12. The predicted octanol–water partition coefficient (Wildman–Crippen LogP) is 2.53. The zero-order valence-electron chi connectivity index (χ0n) is 14.8. The molecule has 3 heterocycles. The Balaban J connectivity index is 0.00000225. The van der Waals surface area contributed by atoms with Gasteiger partial charge in [0.25, 0.3) is 5.95 Å². The van der Waals surface area contributed by atoms with Crippen molar-refractivity contribution < 1.29 is 4.79 Å². The molecule has 0 aromatic carbocycles. The summed E-state index contributed by atoms with van der Waals surface area (Å²) < 4.78 is 1.61. The van der Waals surface area contributed by atoms with Crippen molar-refractivity contribution in [3.63, 3.8) is 0 Å². The van der Waals surface area contributed by atoms with Crippen molar-refractivity contribution in [2.75, 3.05) is 11.9 Å². The van der Waals surface area contributed by atoms with E-state index in [1.165, 1.54) is 0 Å². The number of nitrogens with zero attached hydrogens (tertiary/aromatic N) is 4. The average molecular weight is 365 g/mol. The van der Waals surface area contributed by atoms with Gasteiger partial charge < -0.3 is 10.6 Å². The second-order valence-corrected chi connectivity index (χ2v) is 6.64. The Labute approximate surface area is 154 Å². The maximum Gasteiger partial charge on any atom is 0.252 e. The summed E-state index contributed by atoms with van der Waals surface area (Å²) in [4.78, 5) is 21.1. The highest BCUT2D eigenvalue weighted by atomic mass is 35.5. The van der Waals surface area contributed by atoms with Gasteiger partial charge >= 0.3 is 0 Å². The topological polar surface area (TPSA) is 84.7 Å². The van der Waals surface area contributed by atoms with Gasteiger partial charge in [-0.15, -0.1) is 12.4 Å². The number of hydrogen-bond donors (Lipinski definition) is 2. The van der Waals surface area contributed by atoms with Crippen molar-refractivity contribution >= 4 is 24.1 Å². The van der Waals surface area contributed by atoms with Crippen LogP contribution in [0.15, 0.2) is 24.5 Å². The first kappa shape index (κ1) is 19.3. The number of amides is 1. The summed E-state index contributed by atoms with van der Waals surface area (Å²) in [5, 5.41) is 11.0. The molecule has 1 amide bonds. The number of rotatable bonds is 4. The SMILES string of the molecule is CC(C)c1cc(NC(=O)[C@H]2CCN[C@@H](C)C2)n(-c2ncccn2)n1.Cl. The fourth-order valence-electron chi connectivity index (χ4n) is 2.92. The smallest absolute Gasteiger partial charge is 0.252 e. The monoisotopic (exact) mass is 364 g/mol. The van der Waals surface area contributed by atoms with Gasteiger partial charge in [-0.1, -0.05) is 13.8 Å². The molecule has 0 unspecified atom stereocenters. The summed E-state index contributed by atoms with van der Waals surface area (Å²) >= 11 is 0. The van der Waals surface area contributed by atoms with Crippen molar-refractivity contribution in [2.24, 2.45) is 5.92 Å². The van der Waals surface area contributed by atoms with E-state index in [4.69, 9.17) is 0 Å². The maximum absolute atomic E-state index is 12.7. The zero-order valence-corrected chi connectivity index (χ0v) is 15.6. The minimum atomic E-state index is 0. The van der Waals surface area contributed by atoms with E-state index in [-0.39, 0.29) is 30.2 Å². The van der Waals surface area contributed by atoms with Gasteiger partial charge in [-0.05, 0) is 38.3 Å². The predicted molar refractivity (Wildman–Crippen MR) is 99.3 cm³/mol. The molecule has 3 rings (SSSR count). The highest BCUT2D eigenvalue weighted by Gasteiger charge is 2.26. The molecule has 1 fully saturated rings. The number of anilines is 1. The molecule has 2 aromatic rings. The molecule has 1 saturated heterocycles. The van der Waals surface area contributed by atoms with Crippen LogP contribution < -0.4 is 10.6 Å². The molecule has 25 heavy (non-hydrogen) atoms. The molecule has 0 radical (unpaired) electrons. The summed E-state index contributed by atoms with van der Waals surface area (Å²) in [5.74, 6) is 1.39. The zero-order chi connectivity index (χ0) is 17.1. The Morgan fingerprint density at radius 2 is 2.08 bits per heavy atom. The van der Waals surface area contributed by atoms with Gasteiger partial charge in [0.15, 0.2) is 0 Å². The lowest BCUT2D eigenvalue weighted by Crippen LogP contribution is -2.40. The van der Waals surface area contributed by atoms with Crippen LogP contribution in [0.2, 0.25) is 0 Å².